The number of carbonyl (C=O) groups excluding carboxylic acids is 1. The number of methoxy groups -OCH3 is 1. The lowest BCUT2D eigenvalue weighted by molar-refractivity contribution is 0.0496. The number of amides is 1. The zero-order valence-electron chi connectivity index (χ0n) is 13.9. The maximum atomic E-state index is 12.6. The molecule has 1 aromatic rings. The quantitative estimate of drug-likeness (QED) is 0.860. The van der Waals surface area contributed by atoms with Gasteiger partial charge in [-0.1, -0.05) is 6.42 Å². The van der Waals surface area contributed by atoms with E-state index in [0.29, 0.717) is 0 Å². The number of ether oxygens (including phenoxy) is 1. The van der Waals surface area contributed by atoms with Crippen molar-refractivity contribution in [3.05, 3.63) is 29.8 Å². The largest absolute Gasteiger partial charge is 0.497 e. The predicted molar refractivity (Wildman–Crippen MR) is 89.7 cm³/mol. The highest BCUT2D eigenvalue weighted by molar-refractivity contribution is 5.94. The van der Waals surface area contributed by atoms with Crippen molar-refractivity contribution in [3.63, 3.8) is 0 Å². The average molecular weight is 314 g/mol. The first-order chi connectivity index (χ1) is 11.2. The highest BCUT2D eigenvalue weighted by Crippen LogP contribution is 2.46. The molecule has 4 rings (SSSR count). The Labute approximate surface area is 138 Å². The van der Waals surface area contributed by atoms with Gasteiger partial charge in [0, 0.05) is 37.8 Å². The summed E-state index contributed by atoms with van der Waals surface area (Å²) in [6.07, 6.45) is 5.74. The Kier molecular flexibility index (Phi) is 4.02. The van der Waals surface area contributed by atoms with E-state index in [4.69, 9.17) is 4.74 Å². The lowest BCUT2D eigenvalue weighted by Crippen LogP contribution is -2.53. The summed E-state index contributed by atoms with van der Waals surface area (Å²) in [7, 11) is 1.64. The summed E-state index contributed by atoms with van der Waals surface area (Å²) in [4.78, 5) is 17.3. The number of rotatable bonds is 3. The molecule has 0 spiro atoms. The number of benzene rings is 1. The lowest BCUT2D eigenvalue weighted by Gasteiger charge is -2.41. The van der Waals surface area contributed by atoms with Gasteiger partial charge in [-0.3, -0.25) is 9.69 Å². The van der Waals surface area contributed by atoms with E-state index < -0.39 is 0 Å². The van der Waals surface area contributed by atoms with E-state index in [1.54, 1.807) is 7.11 Å². The van der Waals surface area contributed by atoms with Crippen LogP contribution >= 0.6 is 0 Å². The van der Waals surface area contributed by atoms with Crippen LogP contribution in [0, 0.1) is 11.8 Å². The molecule has 1 aromatic carbocycles. The fourth-order valence-electron chi connectivity index (χ4n) is 4.83. The van der Waals surface area contributed by atoms with E-state index >= 15 is 0 Å². The first-order valence-electron chi connectivity index (χ1n) is 8.92. The minimum absolute atomic E-state index is 0.153. The molecule has 3 aliphatic rings. The summed E-state index contributed by atoms with van der Waals surface area (Å²) in [6.45, 7) is 3.79. The SMILES string of the molecule is COc1ccc(C(=O)N2CCN([C@@H]3C[C@H]4CC[C@@H]3C4)CC2)cc1. The number of hydrogen-bond acceptors (Lipinski definition) is 3. The highest BCUT2D eigenvalue weighted by atomic mass is 16.5. The third-order valence-corrected chi connectivity index (χ3v) is 6.11. The first-order valence-corrected chi connectivity index (χ1v) is 8.92. The van der Waals surface area contributed by atoms with Gasteiger partial charge >= 0.3 is 0 Å². The van der Waals surface area contributed by atoms with Crippen LogP contribution in [0.25, 0.3) is 0 Å². The molecule has 0 aromatic heterocycles. The van der Waals surface area contributed by atoms with Crippen molar-refractivity contribution in [3.8, 4) is 5.75 Å². The number of piperazine rings is 1. The molecule has 1 amide bonds. The fraction of sp³-hybridized carbons (Fsp3) is 0.632. The van der Waals surface area contributed by atoms with Crippen LogP contribution in [-0.4, -0.2) is 55.0 Å². The smallest absolute Gasteiger partial charge is 0.253 e. The van der Waals surface area contributed by atoms with Crippen molar-refractivity contribution >= 4 is 5.91 Å². The fourth-order valence-corrected chi connectivity index (χ4v) is 4.83. The normalized spacial score (nSPS) is 30.7. The standard InChI is InChI=1S/C19H26N2O2/c1-23-17-6-4-15(5-7-17)19(22)21-10-8-20(9-11-21)18-13-14-2-3-16(18)12-14/h4-7,14,16,18H,2-3,8-13H2,1H3/t14-,16+,18+/m0/s1. The third-order valence-electron chi connectivity index (χ3n) is 6.11. The van der Waals surface area contributed by atoms with Gasteiger partial charge in [0.1, 0.15) is 5.75 Å². The molecule has 1 heterocycles. The van der Waals surface area contributed by atoms with Gasteiger partial charge in [0.05, 0.1) is 7.11 Å². The Morgan fingerprint density at radius 2 is 1.78 bits per heavy atom. The molecule has 0 N–H and O–H groups in total. The van der Waals surface area contributed by atoms with Crippen LogP contribution < -0.4 is 4.74 Å². The van der Waals surface area contributed by atoms with Crippen LogP contribution in [0.2, 0.25) is 0 Å². The molecular weight excluding hydrogens is 288 g/mol. The molecule has 4 heteroatoms. The van der Waals surface area contributed by atoms with Gasteiger partial charge in [-0.15, -0.1) is 0 Å². The lowest BCUT2D eigenvalue weighted by atomic mass is 9.93. The zero-order valence-corrected chi connectivity index (χ0v) is 13.9. The molecule has 1 aliphatic heterocycles. The maximum Gasteiger partial charge on any atom is 0.253 e. The van der Waals surface area contributed by atoms with Gasteiger partial charge in [0.25, 0.3) is 5.91 Å². The second-order valence-electron chi connectivity index (χ2n) is 7.30. The van der Waals surface area contributed by atoms with Crippen molar-refractivity contribution in [2.24, 2.45) is 11.8 Å². The van der Waals surface area contributed by atoms with Crippen molar-refractivity contribution in [2.45, 2.75) is 31.7 Å². The summed E-state index contributed by atoms with van der Waals surface area (Å²) < 4.78 is 5.16. The summed E-state index contributed by atoms with van der Waals surface area (Å²) in [5.41, 5.74) is 0.763. The molecule has 4 nitrogen and oxygen atoms in total. The molecular formula is C19H26N2O2. The molecule has 0 radical (unpaired) electrons. The second-order valence-corrected chi connectivity index (χ2v) is 7.30. The Morgan fingerprint density at radius 3 is 2.35 bits per heavy atom. The minimum Gasteiger partial charge on any atom is -0.497 e. The number of nitrogens with zero attached hydrogens (tertiary/aromatic N) is 2. The average Bonchev–Trinajstić information content (AvgIpc) is 3.25. The van der Waals surface area contributed by atoms with E-state index in [0.717, 1.165) is 55.4 Å². The van der Waals surface area contributed by atoms with Crippen LogP contribution in [0.1, 0.15) is 36.0 Å². The van der Waals surface area contributed by atoms with Crippen LogP contribution in [0.15, 0.2) is 24.3 Å². The van der Waals surface area contributed by atoms with Crippen LogP contribution in [0.5, 0.6) is 5.75 Å². The highest BCUT2D eigenvalue weighted by Gasteiger charge is 2.42. The van der Waals surface area contributed by atoms with Crippen LogP contribution in [0.3, 0.4) is 0 Å². The molecule has 3 atom stereocenters. The molecule has 124 valence electrons. The number of fused-ring (bicyclic) bond motifs is 2. The van der Waals surface area contributed by atoms with Crippen molar-refractivity contribution in [2.75, 3.05) is 33.3 Å². The second kappa shape index (κ2) is 6.16. The Bertz CT molecular complexity index is 563. The van der Waals surface area contributed by atoms with E-state index in [-0.39, 0.29) is 5.91 Å². The van der Waals surface area contributed by atoms with Crippen molar-refractivity contribution < 1.29 is 9.53 Å². The van der Waals surface area contributed by atoms with Crippen LogP contribution in [-0.2, 0) is 0 Å². The topological polar surface area (TPSA) is 32.8 Å². The number of hydrogen-bond donors (Lipinski definition) is 0. The zero-order chi connectivity index (χ0) is 15.8. The summed E-state index contributed by atoms with van der Waals surface area (Å²) >= 11 is 0. The maximum absolute atomic E-state index is 12.6. The van der Waals surface area contributed by atoms with E-state index in [1.807, 2.05) is 29.2 Å². The first kappa shape index (κ1) is 15.0. The Morgan fingerprint density at radius 1 is 1.04 bits per heavy atom. The Hall–Kier alpha value is -1.55. The molecule has 1 saturated heterocycles. The minimum atomic E-state index is 0.153. The van der Waals surface area contributed by atoms with E-state index in [2.05, 4.69) is 4.90 Å². The summed E-state index contributed by atoms with van der Waals surface area (Å²) in [5.74, 6) is 2.87. The molecule has 2 bridgehead atoms. The number of carbonyl (C=O) groups is 1. The predicted octanol–water partition coefficient (Wildman–Crippen LogP) is 2.64. The van der Waals surface area contributed by atoms with E-state index in [1.165, 1.54) is 25.7 Å². The van der Waals surface area contributed by atoms with E-state index in [9.17, 15) is 4.79 Å². The molecule has 23 heavy (non-hydrogen) atoms. The summed E-state index contributed by atoms with van der Waals surface area (Å²) in [6, 6.07) is 8.25. The van der Waals surface area contributed by atoms with Gasteiger partial charge in [-0.2, -0.15) is 0 Å². The van der Waals surface area contributed by atoms with Gasteiger partial charge < -0.3 is 9.64 Å². The van der Waals surface area contributed by atoms with Gasteiger partial charge in [-0.05, 0) is 55.4 Å². The molecule has 3 fully saturated rings. The van der Waals surface area contributed by atoms with Gasteiger partial charge in [-0.25, -0.2) is 0 Å². The molecule has 2 aliphatic carbocycles. The Balaban J connectivity index is 1.34. The van der Waals surface area contributed by atoms with Gasteiger partial charge in [0.2, 0.25) is 0 Å². The third kappa shape index (κ3) is 2.85. The molecule has 0 unspecified atom stereocenters. The van der Waals surface area contributed by atoms with Crippen molar-refractivity contribution in [1.29, 1.82) is 0 Å². The van der Waals surface area contributed by atoms with Crippen LogP contribution in [0.4, 0.5) is 0 Å². The van der Waals surface area contributed by atoms with Gasteiger partial charge in [0.15, 0.2) is 0 Å². The summed E-state index contributed by atoms with van der Waals surface area (Å²) in [5, 5.41) is 0. The van der Waals surface area contributed by atoms with Crippen molar-refractivity contribution in [1.82, 2.24) is 9.80 Å². The molecule has 2 saturated carbocycles. The monoisotopic (exact) mass is 314 g/mol.